The predicted octanol–water partition coefficient (Wildman–Crippen LogP) is 2.36. The number of rotatable bonds is 2. The summed E-state index contributed by atoms with van der Waals surface area (Å²) in [5, 5.41) is 9.39. The molecular formula is C10H13ClFNO. The number of aromatic hydroxyl groups is 1. The van der Waals surface area contributed by atoms with Gasteiger partial charge in [0.1, 0.15) is 0 Å². The first-order chi connectivity index (χ1) is 6.20. The number of para-hydroxylation sites is 1. The van der Waals surface area contributed by atoms with Crippen molar-refractivity contribution in [2.45, 2.75) is 18.9 Å². The molecule has 2 nitrogen and oxygen atoms in total. The summed E-state index contributed by atoms with van der Waals surface area (Å²) in [6.45, 7) is 0. The second-order valence-corrected chi connectivity index (χ2v) is 3.54. The first-order valence-electron chi connectivity index (χ1n) is 4.43. The normalized spacial score (nSPS) is 17.3. The van der Waals surface area contributed by atoms with Crippen LogP contribution in [-0.4, -0.2) is 5.11 Å². The highest BCUT2D eigenvalue weighted by molar-refractivity contribution is 5.85. The van der Waals surface area contributed by atoms with Crippen LogP contribution in [0.5, 0.6) is 5.75 Å². The van der Waals surface area contributed by atoms with Gasteiger partial charge >= 0.3 is 0 Å². The number of hydrogen-bond acceptors (Lipinski definition) is 2. The van der Waals surface area contributed by atoms with Crippen LogP contribution in [0.2, 0.25) is 0 Å². The van der Waals surface area contributed by atoms with Crippen LogP contribution >= 0.6 is 12.4 Å². The van der Waals surface area contributed by atoms with Gasteiger partial charge in [0.05, 0.1) is 0 Å². The minimum atomic E-state index is -0.589. The average molecular weight is 218 g/mol. The maximum atomic E-state index is 12.9. The molecule has 1 aliphatic carbocycles. The Hall–Kier alpha value is -0.800. The van der Waals surface area contributed by atoms with Gasteiger partial charge in [0.25, 0.3) is 0 Å². The van der Waals surface area contributed by atoms with Crippen molar-refractivity contribution in [1.82, 2.24) is 0 Å². The number of phenols is 1. The van der Waals surface area contributed by atoms with Gasteiger partial charge in [-0.05, 0) is 24.8 Å². The van der Waals surface area contributed by atoms with Crippen LogP contribution < -0.4 is 5.73 Å². The van der Waals surface area contributed by atoms with Crippen molar-refractivity contribution < 1.29 is 9.50 Å². The number of halogens is 2. The quantitative estimate of drug-likeness (QED) is 0.799. The van der Waals surface area contributed by atoms with Crippen molar-refractivity contribution in [2.24, 2.45) is 11.7 Å². The molecule has 0 amide bonds. The first-order valence-corrected chi connectivity index (χ1v) is 4.43. The van der Waals surface area contributed by atoms with Gasteiger partial charge in [-0.15, -0.1) is 12.4 Å². The van der Waals surface area contributed by atoms with E-state index in [1.165, 1.54) is 6.07 Å². The molecule has 0 aromatic heterocycles. The lowest BCUT2D eigenvalue weighted by Crippen LogP contribution is -2.12. The zero-order valence-electron chi connectivity index (χ0n) is 7.61. The maximum Gasteiger partial charge on any atom is 0.165 e. The predicted molar refractivity (Wildman–Crippen MR) is 55.0 cm³/mol. The van der Waals surface area contributed by atoms with E-state index >= 15 is 0 Å². The van der Waals surface area contributed by atoms with Crippen LogP contribution in [0, 0.1) is 11.7 Å². The maximum absolute atomic E-state index is 12.9. The van der Waals surface area contributed by atoms with E-state index in [1.807, 2.05) is 0 Å². The molecule has 0 spiro atoms. The zero-order valence-corrected chi connectivity index (χ0v) is 8.43. The Labute approximate surface area is 88.3 Å². The van der Waals surface area contributed by atoms with Crippen LogP contribution in [-0.2, 0) is 0 Å². The fourth-order valence-electron chi connectivity index (χ4n) is 1.51. The van der Waals surface area contributed by atoms with E-state index in [1.54, 1.807) is 12.1 Å². The molecule has 1 aliphatic rings. The summed E-state index contributed by atoms with van der Waals surface area (Å²) in [5.41, 5.74) is 6.37. The summed E-state index contributed by atoms with van der Waals surface area (Å²) in [6, 6.07) is 4.28. The monoisotopic (exact) mass is 217 g/mol. The van der Waals surface area contributed by atoms with E-state index in [9.17, 15) is 9.50 Å². The molecule has 78 valence electrons. The summed E-state index contributed by atoms with van der Waals surface area (Å²) in [7, 11) is 0. The summed E-state index contributed by atoms with van der Waals surface area (Å²) in [5.74, 6) is -0.455. The second kappa shape index (κ2) is 4.15. The first kappa shape index (κ1) is 11.3. The third kappa shape index (κ3) is 1.99. The second-order valence-electron chi connectivity index (χ2n) is 3.54. The minimum absolute atomic E-state index is 0. The van der Waals surface area contributed by atoms with E-state index in [0.717, 1.165) is 12.8 Å². The van der Waals surface area contributed by atoms with Crippen molar-refractivity contribution in [3.05, 3.63) is 29.6 Å². The standard InChI is InChI=1S/C10H12FNO.ClH/c11-8-3-1-2-7(10(8)13)9(12)6-4-5-6;/h1-3,6,9,13H,4-5,12H2;1H/t9-;/m0./s1. The Morgan fingerprint density at radius 3 is 2.64 bits per heavy atom. The number of nitrogens with two attached hydrogens (primary N) is 1. The Morgan fingerprint density at radius 2 is 2.07 bits per heavy atom. The fourth-order valence-corrected chi connectivity index (χ4v) is 1.51. The van der Waals surface area contributed by atoms with E-state index in [-0.39, 0.29) is 24.2 Å². The zero-order chi connectivity index (χ0) is 9.42. The van der Waals surface area contributed by atoms with Crippen molar-refractivity contribution in [2.75, 3.05) is 0 Å². The summed E-state index contributed by atoms with van der Waals surface area (Å²) < 4.78 is 12.9. The van der Waals surface area contributed by atoms with Crippen LogP contribution in [0.15, 0.2) is 18.2 Å². The van der Waals surface area contributed by atoms with Gasteiger partial charge in [0.2, 0.25) is 0 Å². The third-order valence-electron chi connectivity index (χ3n) is 2.51. The number of hydrogen-bond donors (Lipinski definition) is 2. The molecule has 0 aliphatic heterocycles. The molecule has 0 unspecified atom stereocenters. The molecule has 1 aromatic carbocycles. The lowest BCUT2D eigenvalue weighted by Gasteiger charge is -2.12. The van der Waals surface area contributed by atoms with Gasteiger partial charge in [0.15, 0.2) is 11.6 Å². The summed E-state index contributed by atoms with van der Waals surface area (Å²) in [6.07, 6.45) is 2.16. The minimum Gasteiger partial charge on any atom is -0.505 e. The van der Waals surface area contributed by atoms with Gasteiger partial charge in [-0.1, -0.05) is 12.1 Å². The molecular weight excluding hydrogens is 205 g/mol. The van der Waals surface area contributed by atoms with E-state index in [0.29, 0.717) is 11.5 Å². The molecule has 0 bridgehead atoms. The Kier molecular flexibility index (Phi) is 3.34. The summed E-state index contributed by atoms with van der Waals surface area (Å²) >= 11 is 0. The van der Waals surface area contributed by atoms with Crippen molar-refractivity contribution >= 4 is 12.4 Å². The number of benzene rings is 1. The lowest BCUT2D eigenvalue weighted by atomic mass is 10.0. The van der Waals surface area contributed by atoms with E-state index in [4.69, 9.17) is 5.73 Å². The lowest BCUT2D eigenvalue weighted by molar-refractivity contribution is 0.417. The van der Waals surface area contributed by atoms with Crippen LogP contribution in [0.1, 0.15) is 24.4 Å². The molecule has 14 heavy (non-hydrogen) atoms. The fraction of sp³-hybridized carbons (Fsp3) is 0.400. The largest absolute Gasteiger partial charge is 0.505 e. The smallest absolute Gasteiger partial charge is 0.165 e. The van der Waals surface area contributed by atoms with Crippen molar-refractivity contribution in [1.29, 1.82) is 0 Å². The number of phenolic OH excluding ortho intramolecular Hbond substituents is 1. The van der Waals surface area contributed by atoms with Gasteiger partial charge in [-0.2, -0.15) is 0 Å². The molecule has 3 N–H and O–H groups in total. The molecule has 1 fully saturated rings. The van der Waals surface area contributed by atoms with E-state index in [2.05, 4.69) is 0 Å². The highest BCUT2D eigenvalue weighted by atomic mass is 35.5. The molecule has 0 heterocycles. The molecule has 0 radical (unpaired) electrons. The SMILES string of the molecule is Cl.N[C@H](c1cccc(F)c1O)C1CC1. The molecule has 4 heteroatoms. The molecule has 1 aromatic rings. The topological polar surface area (TPSA) is 46.2 Å². The molecule has 1 atom stereocenters. The highest BCUT2D eigenvalue weighted by Crippen LogP contribution is 2.42. The Balaban J connectivity index is 0.000000980. The molecule has 1 saturated carbocycles. The molecule has 2 rings (SSSR count). The highest BCUT2D eigenvalue weighted by Gasteiger charge is 2.31. The van der Waals surface area contributed by atoms with Crippen LogP contribution in [0.4, 0.5) is 4.39 Å². The van der Waals surface area contributed by atoms with Crippen LogP contribution in [0.3, 0.4) is 0 Å². The average Bonchev–Trinajstić information content (AvgIpc) is 2.91. The van der Waals surface area contributed by atoms with Gasteiger partial charge in [-0.3, -0.25) is 0 Å². The molecule has 0 saturated heterocycles. The van der Waals surface area contributed by atoms with Gasteiger partial charge < -0.3 is 10.8 Å². The summed E-state index contributed by atoms with van der Waals surface area (Å²) in [4.78, 5) is 0. The van der Waals surface area contributed by atoms with Crippen molar-refractivity contribution in [3.8, 4) is 5.75 Å². The van der Waals surface area contributed by atoms with Crippen molar-refractivity contribution in [3.63, 3.8) is 0 Å². The Bertz CT molecular complexity index is 328. The van der Waals surface area contributed by atoms with Gasteiger partial charge in [-0.25, -0.2) is 4.39 Å². The van der Waals surface area contributed by atoms with Crippen LogP contribution in [0.25, 0.3) is 0 Å². The third-order valence-corrected chi connectivity index (χ3v) is 2.51. The van der Waals surface area contributed by atoms with E-state index < -0.39 is 5.82 Å². The Morgan fingerprint density at radius 1 is 1.43 bits per heavy atom. The van der Waals surface area contributed by atoms with Gasteiger partial charge in [0, 0.05) is 11.6 Å².